The molecule has 2 rings (SSSR count). The van der Waals surface area contributed by atoms with Crippen molar-refractivity contribution < 1.29 is 14.6 Å². The smallest absolute Gasteiger partial charge is 0.311 e. The molecule has 1 aromatic carbocycles. The molecule has 22 heavy (non-hydrogen) atoms. The average molecular weight is 384 g/mol. The van der Waals surface area contributed by atoms with E-state index in [0.717, 1.165) is 4.47 Å². The number of hydrazone groups is 1. The van der Waals surface area contributed by atoms with Crippen LogP contribution >= 0.6 is 27.3 Å². The lowest BCUT2D eigenvalue weighted by Gasteiger charge is -1.99. The number of phenolic OH excluding ortho intramolecular Hbond substituents is 1. The van der Waals surface area contributed by atoms with Crippen LogP contribution in [0.3, 0.4) is 0 Å². The fraction of sp³-hybridized carbons (Fsp3) is 0.214. The molecule has 0 unspecified atom stereocenters. The summed E-state index contributed by atoms with van der Waals surface area (Å²) in [5.74, 6) is -0.169. The number of aromatic hydroxyl groups is 1. The number of anilines is 1. The van der Waals surface area contributed by atoms with E-state index in [1.165, 1.54) is 17.6 Å². The summed E-state index contributed by atoms with van der Waals surface area (Å²) in [6.45, 7) is 2.12. The van der Waals surface area contributed by atoms with Crippen molar-refractivity contribution in [3.05, 3.63) is 39.3 Å². The predicted octanol–water partition coefficient (Wildman–Crippen LogP) is 3.16. The Bertz CT molecular complexity index is 688. The number of nitrogens with zero attached hydrogens (tertiary/aromatic N) is 2. The molecule has 0 saturated carbocycles. The van der Waals surface area contributed by atoms with Crippen molar-refractivity contribution in [2.24, 2.45) is 5.10 Å². The Morgan fingerprint density at radius 1 is 1.59 bits per heavy atom. The van der Waals surface area contributed by atoms with Crippen molar-refractivity contribution >= 4 is 44.6 Å². The van der Waals surface area contributed by atoms with Crippen LogP contribution in [0.4, 0.5) is 5.13 Å². The molecule has 8 heteroatoms. The van der Waals surface area contributed by atoms with E-state index < -0.39 is 0 Å². The number of carbonyl (C=O) groups excluding carboxylic acids is 1. The largest absolute Gasteiger partial charge is 0.507 e. The summed E-state index contributed by atoms with van der Waals surface area (Å²) >= 11 is 4.66. The monoisotopic (exact) mass is 383 g/mol. The van der Waals surface area contributed by atoms with E-state index in [-0.39, 0.29) is 18.1 Å². The fourth-order valence-corrected chi connectivity index (χ4v) is 2.62. The predicted molar refractivity (Wildman–Crippen MR) is 89.5 cm³/mol. The zero-order valence-electron chi connectivity index (χ0n) is 11.7. The first-order valence-corrected chi connectivity index (χ1v) is 8.13. The van der Waals surface area contributed by atoms with Gasteiger partial charge in [-0.1, -0.05) is 15.9 Å². The molecule has 0 bridgehead atoms. The molecule has 0 saturated heterocycles. The zero-order valence-corrected chi connectivity index (χ0v) is 14.1. The van der Waals surface area contributed by atoms with E-state index in [2.05, 4.69) is 31.4 Å². The number of phenols is 1. The fourth-order valence-electron chi connectivity index (χ4n) is 1.59. The molecule has 2 N–H and O–H groups in total. The van der Waals surface area contributed by atoms with E-state index in [1.807, 2.05) is 0 Å². The zero-order chi connectivity index (χ0) is 15.9. The topological polar surface area (TPSA) is 83.8 Å². The van der Waals surface area contributed by atoms with Gasteiger partial charge in [0, 0.05) is 15.4 Å². The lowest BCUT2D eigenvalue weighted by Crippen LogP contribution is -2.07. The number of esters is 1. The number of rotatable bonds is 6. The Balaban J connectivity index is 1.94. The third-order valence-corrected chi connectivity index (χ3v) is 3.82. The van der Waals surface area contributed by atoms with Crippen LogP contribution in [-0.4, -0.2) is 28.9 Å². The number of nitrogens with one attached hydrogen (secondary N) is 1. The molecule has 2 aromatic rings. The van der Waals surface area contributed by atoms with Gasteiger partial charge in [-0.25, -0.2) is 4.98 Å². The number of ether oxygens (including phenoxy) is 1. The molecule has 116 valence electrons. The first-order valence-electron chi connectivity index (χ1n) is 6.46. The molecule has 0 aliphatic heterocycles. The van der Waals surface area contributed by atoms with Gasteiger partial charge in [0.1, 0.15) is 5.75 Å². The van der Waals surface area contributed by atoms with E-state index in [1.54, 1.807) is 30.5 Å². The minimum Gasteiger partial charge on any atom is -0.507 e. The minimum atomic E-state index is -0.304. The van der Waals surface area contributed by atoms with Gasteiger partial charge in [-0.05, 0) is 25.1 Å². The van der Waals surface area contributed by atoms with Gasteiger partial charge in [0.15, 0.2) is 0 Å². The van der Waals surface area contributed by atoms with Gasteiger partial charge in [-0.2, -0.15) is 5.10 Å². The quantitative estimate of drug-likeness (QED) is 0.454. The number of halogens is 1. The maximum absolute atomic E-state index is 11.4. The summed E-state index contributed by atoms with van der Waals surface area (Å²) in [7, 11) is 0. The number of hydrogen-bond acceptors (Lipinski definition) is 7. The molecule has 1 aromatic heterocycles. The van der Waals surface area contributed by atoms with Crippen LogP contribution in [0.2, 0.25) is 0 Å². The molecule has 0 spiro atoms. The molecule has 0 fully saturated rings. The first-order chi connectivity index (χ1) is 10.6. The van der Waals surface area contributed by atoms with Gasteiger partial charge in [0.25, 0.3) is 0 Å². The highest BCUT2D eigenvalue weighted by atomic mass is 79.9. The van der Waals surface area contributed by atoms with Crippen molar-refractivity contribution in [1.29, 1.82) is 0 Å². The Labute approximate surface area is 140 Å². The molecular formula is C14H14BrN3O3S. The molecule has 6 nitrogen and oxygen atoms in total. The second kappa shape index (κ2) is 7.90. The lowest BCUT2D eigenvalue weighted by molar-refractivity contribution is -0.142. The van der Waals surface area contributed by atoms with Crippen molar-refractivity contribution in [3.8, 4) is 5.75 Å². The van der Waals surface area contributed by atoms with E-state index in [9.17, 15) is 9.90 Å². The first kappa shape index (κ1) is 16.4. The van der Waals surface area contributed by atoms with E-state index in [4.69, 9.17) is 4.74 Å². The van der Waals surface area contributed by atoms with Crippen LogP contribution in [0.25, 0.3) is 0 Å². The molecular weight excluding hydrogens is 370 g/mol. The number of benzene rings is 1. The Morgan fingerprint density at radius 3 is 3.18 bits per heavy atom. The van der Waals surface area contributed by atoms with Gasteiger partial charge >= 0.3 is 5.97 Å². The van der Waals surface area contributed by atoms with Crippen molar-refractivity contribution in [3.63, 3.8) is 0 Å². The second-order valence-electron chi connectivity index (χ2n) is 4.20. The van der Waals surface area contributed by atoms with Gasteiger partial charge in [-0.15, -0.1) is 11.3 Å². The Morgan fingerprint density at radius 2 is 2.41 bits per heavy atom. The maximum atomic E-state index is 11.4. The molecule has 0 amide bonds. The summed E-state index contributed by atoms with van der Waals surface area (Å²) < 4.78 is 5.71. The molecule has 0 aliphatic rings. The van der Waals surface area contributed by atoms with Gasteiger partial charge < -0.3 is 9.84 Å². The SMILES string of the molecule is CCOC(=O)Cc1csc(NN=Cc2cc(Br)ccc2O)n1. The molecule has 1 heterocycles. The van der Waals surface area contributed by atoms with Crippen LogP contribution in [0, 0.1) is 0 Å². The average Bonchev–Trinajstić information content (AvgIpc) is 2.90. The van der Waals surface area contributed by atoms with Crippen molar-refractivity contribution in [2.75, 3.05) is 12.0 Å². The number of carbonyl (C=O) groups is 1. The molecule has 0 radical (unpaired) electrons. The minimum absolute atomic E-state index is 0.135. The summed E-state index contributed by atoms with van der Waals surface area (Å²) in [6, 6.07) is 5.06. The third kappa shape index (κ3) is 4.81. The van der Waals surface area contributed by atoms with E-state index >= 15 is 0 Å². The van der Waals surface area contributed by atoms with Crippen LogP contribution < -0.4 is 5.43 Å². The number of hydrogen-bond donors (Lipinski definition) is 2. The third-order valence-electron chi connectivity index (χ3n) is 2.54. The summed E-state index contributed by atoms with van der Waals surface area (Å²) in [6.07, 6.45) is 1.63. The van der Waals surface area contributed by atoms with Gasteiger partial charge in [0.2, 0.25) is 5.13 Å². The van der Waals surface area contributed by atoms with Gasteiger partial charge in [0.05, 0.1) is 24.9 Å². The maximum Gasteiger partial charge on any atom is 0.311 e. The van der Waals surface area contributed by atoms with Crippen LogP contribution in [0.5, 0.6) is 5.75 Å². The van der Waals surface area contributed by atoms with Crippen molar-refractivity contribution in [1.82, 2.24) is 4.98 Å². The van der Waals surface area contributed by atoms with Crippen molar-refractivity contribution in [2.45, 2.75) is 13.3 Å². The Kier molecular flexibility index (Phi) is 5.91. The summed E-state index contributed by atoms with van der Waals surface area (Å²) in [5.41, 5.74) is 3.97. The second-order valence-corrected chi connectivity index (χ2v) is 5.97. The van der Waals surface area contributed by atoms with Crippen LogP contribution in [-0.2, 0) is 16.0 Å². The highest BCUT2D eigenvalue weighted by Gasteiger charge is 2.08. The van der Waals surface area contributed by atoms with E-state index in [0.29, 0.717) is 23.0 Å². The highest BCUT2D eigenvalue weighted by Crippen LogP contribution is 2.20. The lowest BCUT2D eigenvalue weighted by atomic mass is 10.2. The number of aromatic nitrogens is 1. The Hall–Kier alpha value is -1.93. The number of thiazole rings is 1. The normalized spacial score (nSPS) is 10.8. The highest BCUT2D eigenvalue weighted by molar-refractivity contribution is 9.10. The summed E-state index contributed by atoms with van der Waals surface area (Å²) in [4.78, 5) is 15.6. The molecule has 0 atom stereocenters. The van der Waals surface area contributed by atoms with Crippen LogP contribution in [0.1, 0.15) is 18.2 Å². The van der Waals surface area contributed by atoms with Crippen LogP contribution in [0.15, 0.2) is 33.2 Å². The standard InChI is InChI=1S/C14H14BrN3O3S/c1-2-21-13(20)6-11-8-22-14(17-11)18-16-7-9-5-10(15)3-4-12(9)19/h3-5,7-8,19H,2,6H2,1H3,(H,17,18). The van der Waals surface area contributed by atoms with Gasteiger partial charge in [-0.3, -0.25) is 10.2 Å². The molecule has 0 aliphatic carbocycles. The summed E-state index contributed by atoms with van der Waals surface area (Å²) in [5, 5.41) is 16.0.